The van der Waals surface area contributed by atoms with Gasteiger partial charge in [0.15, 0.2) is 9.84 Å². The number of nitrogens with one attached hydrogen (secondary N) is 2. The first-order chi connectivity index (χ1) is 14.7. The number of sulfone groups is 1. The van der Waals surface area contributed by atoms with Gasteiger partial charge < -0.3 is 15.4 Å². The van der Waals surface area contributed by atoms with Gasteiger partial charge in [0.25, 0.3) is 5.91 Å². The zero-order valence-electron chi connectivity index (χ0n) is 17.4. The second-order valence-electron chi connectivity index (χ2n) is 7.04. The van der Waals surface area contributed by atoms with E-state index in [2.05, 4.69) is 15.6 Å². The summed E-state index contributed by atoms with van der Waals surface area (Å²) in [6.07, 6.45) is 1.15. The molecule has 0 spiro atoms. The van der Waals surface area contributed by atoms with E-state index in [4.69, 9.17) is 4.74 Å². The molecule has 162 valence electrons. The Hall–Kier alpha value is -3.46. The number of para-hydroxylation sites is 2. The lowest BCUT2D eigenvalue weighted by molar-refractivity contribution is -0.137. The molecule has 1 aliphatic rings. The summed E-state index contributed by atoms with van der Waals surface area (Å²) in [6.45, 7) is 3.57. The lowest BCUT2D eigenvalue weighted by atomic mass is 10.1. The molecule has 0 radical (unpaired) electrons. The molecule has 2 aromatic carbocycles. The van der Waals surface area contributed by atoms with Gasteiger partial charge in [-0.2, -0.15) is 0 Å². The van der Waals surface area contributed by atoms with Crippen molar-refractivity contribution in [1.29, 1.82) is 0 Å². The van der Waals surface area contributed by atoms with Crippen LogP contribution in [0, 0.1) is 0 Å². The highest BCUT2D eigenvalue weighted by atomic mass is 32.2. The van der Waals surface area contributed by atoms with Gasteiger partial charge in [-0.3, -0.25) is 4.79 Å². The molecule has 3 rings (SSSR count). The smallest absolute Gasteiger partial charge is 0.343 e. The van der Waals surface area contributed by atoms with E-state index < -0.39 is 21.7 Å². The summed E-state index contributed by atoms with van der Waals surface area (Å²) >= 11 is 0. The molecule has 8 nitrogen and oxygen atoms in total. The molecule has 2 aromatic rings. The van der Waals surface area contributed by atoms with Crippen molar-refractivity contribution in [3.05, 3.63) is 70.9 Å². The fourth-order valence-corrected chi connectivity index (χ4v) is 3.87. The second kappa shape index (κ2) is 9.13. The van der Waals surface area contributed by atoms with Gasteiger partial charge in [0.1, 0.15) is 11.4 Å². The Morgan fingerprint density at radius 1 is 1.10 bits per heavy atom. The Balaban J connectivity index is 1.94. The van der Waals surface area contributed by atoms with Crippen molar-refractivity contribution in [2.45, 2.75) is 19.6 Å². The maximum atomic E-state index is 12.9. The first-order valence-corrected chi connectivity index (χ1v) is 11.6. The molecule has 9 heteroatoms. The highest BCUT2D eigenvalue weighted by Crippen LogP contribution is 2.30. The molecule has 0 aliphatic carbocycles. The monoisotopic (exact) mass is 441 g/mol. The van der Waals surface area contributed by atoms with Crippen LogP contribution in [0.4, 0.5) is 11.4 Å². The fourth-order valence-electron chi connectivity index (χ4n) is 3.07. The van der Waals surface area contributed by atoms with E-state index in [9.17, 15) is 18.0 Å². The number of rotatable bonds is 5. The molecule has 0 unspecified atom stereocenters. The Kier molecular flexibility index (Phi) is 6.55. The number of anilines is 1. The minimum Gasteiger partial charge on any atom is -0.462 e. The number of amides is 1. The van der Waals surface area contributed by atoms with Crippen LogP contribution >= 0.6 is 0 Å². The molecule has 0 fully saturated rings. The van der Waals surface area contributed by atoms with Crippen molar-refractivity contribution in [1.82, 2.24) is 5.32 Å². The van der Waals surface area contributed by atoms with Crippen molar-refractivity contribution in [2.24, 2.45) is 4.99 Å². The summed E-state index contributed by atoms with van der Waals surface area (Å²) in [7, 11) is -3.18. The van der Waals surface area contributed by atoms with Gasteiger partial charge in [-0.05, 0) is 43.7 Å². The predicted molar refractivity (Wildman–Crippen MR) is 119 cm³/mol. The summed E-state index contributed by atoms with van der Waals surface area (Å²) in [6, 6.07) is 13.4. The third-order valence-electron chi connectivity index (χ3n) is 4.43. The van der Waals surface area contributed by atoms with Crippen LogP contribution in [0.15, 0.2) is 64.8 Å². The van der Waals surface area contributed by atoms with Crippen molar-refractivity contribution in [2.75, 3.05) is 18.2 Å². The number of hydrogen-bond acceptors (Lipinski definition) is 7. The normalized spacial score (nSPS) is 13.5. The van der Waals surface area contributed by atoms with Gasteiger partial charge in [-0.1, -0.05) is 24.3 Å². The molecule has 0 aromatic heterocycles. The first kappa shape index (κ1) is 22.2. The molecular formula is C22H23N3O5S. The standard InChI is InChI=1S/C22H23N3O5S/c1-4-30-22(27)19-14(2)23-17-7-5-6-8-18(17)24-20(19)25-21(26)16-11-9-15(10-12-16)13-31(3,28)29/h5-12,23H,4,13H2,1-3H3,(H,24,25,26). The van der Waals surface area contributed by atoms with Gasteiger partial charge in [0, 0.05) is 17.5 Å². The molecule has 1 heterocycles. The molecule has 1 amide bonds. The fraction of sp³-hybridized carbons (Fsp3) is 0.227. The summed E-state index contributed by atoms with van der Waals surface area (Å²) in [5, 5.41) is 5.84. The summed E-state index contributed by atoms with van der Waals surface area (Å²) in [4.78, 5) is 30.0. The third kappa shape index (κ3) is 5.58. The van der Waals surface area contributed by atoms with Crippen molar-refractivity contribution in [3.63, 3.8) is 0 Å². The lowest BCUT2D eigenvalue weighted by Gasteiger charge is -2.13. The number of nitrogens with zero attached hydrogens (tertiary/aromatic N) is 1. The molecule has 31 heavy (non-hydrogen) atoms. The maximum Gasteiger partial charge on any atom is 0.343 e. The van der Waals surface area contributed by atoms with Crippen LogP contribution in [0.5, 0.6) is 0 Å². The highest BCUT2D eigenvalue weighted by Gasteiger charge is 2.26. The summed E-state index contributed by atoms with van der Waals surface area (Å²) in [5.74, 6) is -1.14. The van der Waals surface area contributed by atoms with Crippen LogP contribution in [0.2, 0.25) is 0 Å². The third-order valence-corrected chi connectivity index (χ3v) is 5.28. The number of benzene rings is 2. The van der Waals surface area contributed by atoms with E-state index in [1.807, 2.05) is 12.1 Å². The minimum atomic E-state index is -3.18. The lowest BCUT2D eigenvalue weighted by Crippen LogP contribution is -2.35. The van der Waals surface area contributed by atoms with E-state index >= 15 is 0 Å². The number of hydrogen-bond donors (Lipinski definition) is 2. The van der Waals surface area contributed by atoms with Gasteiger partial charge >= 0.3 is 5.97 Å². The van der Waals surface area contributed by atoms with Gasteiger partial charge in [-0.15, -0.1) is 0 Å². The summed E-state index contributed by atoms with van der Waals surface area (Å²) in [5.41, 5.74) is 2.74. The van der Waals surface area contributed by atoms with E-state index in [-0.39, 0.29) is 23.8 Å². The number of esters is 1. The molecule has 0 saturated heterocycles. The average molecular weight is 442 g/mol. The van der Waals surface area contributed by atoms with E-state index in [1.165, 1.54) is 12.1 Å². The molecule has 0 saturated carbocycles. The van der Waals surface area contributed by atoms with E-state index in [0.29, 0.717) is 28.2 Å². The Bertz CT molecular complexity index is 1180. The predicted octanol–water partition coefficient (Wildman–Crippen LogP) is 2.95. The number of aliphatic imine (C=N–C) groups is 1. The largest absolute Gasteiger partial charge is 0.462 e. The average Bonchev–Trinajstić information content (AvgIpc) is 2.82. The van der Waals surface area contributed by atoms with Crippen LogP contribution in [0.25, 0.3) is 0 Å². The highest BCUT2D eigenvalue weighted by molar-refractivity contribution is 7.89. The molecule has 1 aliphatic heterocycles. The minimum absolute atomic E-state index is 0.0682. The Morgan fingerprint density at radius 3 is 2.42 bits per heavy atom. The van der Waals surface area contributed by atoms with Crippen LogP contribution in [0.1, 0.15) is 29.8 Å². The SMILES string of the molecule is CCOC(=O)C1=C(C)Nc2ccccc2N=C1NC(=O)c1ccc(CS(C)(=O)=O)cc1. The van der Waals surface area contributed by atoms with Crippen molar-refractivity contribution >= 4 is 38.9 Å². The van der Waals surface area contributed by atoms with Crippen LogP contribution in [-0.4, -0.2) is 39.0 Å². The van der Waals surface area contributed by atoms with E-state index in [0.717, 1.165) is 6.26 Å². The molecule has 0 atom stereocenters. The number of ether oxygens (including phenoxy) is 1. The maximum absolute atomic E-state index is 12.9. The van der Waals surface area contributed by atoms with Crippen molar-refractivity contribution < 1.29 is 22.7 Å². The van der Waals surface area contributed by atoms with Gasteiger partial charge in [-0.25, -0.2) is 18.2 Å². The van der Waals surface area contributed by atoms with Crippen LogP contribution in [0.3, 0.4) is 0 Å². The van der Waals surface area contributed by atoms with Crippen LogP contribution in [-0.2, 0) is 25.1 Å². The van der Waals surface area contributed by atoms with Gasteiger partial charge in [0.2, 0.25) is 0 Å². The van der Waals surface area contributed by atoms with Gasteiger partial charge in [0.05, 0.1) is 23.7 Å². The Morgan fingerprint density at radius 2 is 1.77 bits per heavy atom. The summed E-state index contributed by atoms with van der Waals surface area (Å²) < 4.78 is 28.1. The number of carbonyl (C=O) groups is 2. The molecular weight excluding hydrogens is 418 g/mol. The zero-order valence-corrected chi connectivity index (χ0v) is 18.2. The van der Waals surface area contributed by atoms with Crippen LogP contribution < -0.4 is 10.6 Å². The topological polar surface area (TPSA) is 114 Å². The number of amidine groups is 1. The number of fused-ring (bicyclic) bond motifs is 1. The second-order valence-corrected chi connectivity index (χ2v) is 9.18. The number of allylic oxidation sites excluding steroid dienone is 1. The molecule has 0 bridgehead atoms. The van der Waals surface area contributed by atoms with E-state index in [1.54, 1.807) is 38.1 Å². The quantitative estimate of drug-likeness (QED) is 0.690. The molecule has 2 N–H and O–H groups in total. The zero-order chi connectivity index (χ0) is 22.6. The van der Waals surface area contributed by atoms with Crippen molar-refractivity contribution in [3.8, 4) is 0 Å². The number of carbonyl (C=O) groups excluding carboxylic acids is 2. The Labute approximate surface area is 180 Å². The first-order valence-electron chi connectivity index (χ1n) is 9.59.